The molecule has 0 bridgehead atoms. The molecular weight excluding hydrogens is 321 g/mol. The van der Waals surface area contributed by atoms with E-state index in [4.69, 9.17) is 21.4 Å². The minimum absolute atomic E-state index is 0.0217. The number of carboxylic acids is 1. The van der Waals surface area contributed by atoms with Crippen molar-refractivity contribution in [1.82, 2.24) is 5.32 Å². The van der Waals surface area contributed by atoms with E-state index in [0.29, 0.717) is 22.9 Å². The summed E-state index contributed by atoms with van der Waals surface area (Å²) < 4.78 is 19.3. The number of ether oxygens (including phenoxy) is 1. The lowest BCUT2D eigenvalue weighted by Gasteiger charge is -2.12. The molecule has 2 aromatic rings. The summed E-state index contributed by atoms with van der Waals surface area (Å²) in [4.78, 5) is 10.8. The van der Waals surface area contributed by atoms with Gasteiger partial charge in [-0.05, 0) is 36.8 Å². The number of hydrogen-bond acceptors (Lipinski definition) is 3. The van der Waals surface area contributed by atoms with E-state index in [1.165, 1.54) is 12.1 Å². The third-order valence-electron chi connectivity index (χ3n) is 3.33. The average molecular weight is 338 g/mol. The lowest BCUT2D eigenvalue weighted by Crippen LogP contribution is -2.33. The molecule has 0 saturated carbocycles. The summed E-state index contributed by atoms with van der Waals surface area (Å²) in [5, 5.41) is 12.0. The van der Waals surface area contributed by atoms with Gasteiger partial charge in [0.25, 0.3) is 0 Å². The monoisotopic (exact) mass is 337 g/mol. The van der Waals surface area contributed by atoms with Gasteiger partial charge in [-0.3, -0.25) is 4.79 Å². The number of carbonyl (C=O) groups is 1. The number of nitrogens with one attached hydrogen (secondary N) is 1. The molecule has 2 N–H and O–H groups in total. The number of rotatable bonds is 7. The fourth-order valence-corrected chi connectivity index (χ4v) is 2.15. The minimum Gasteiger partial charge on any atom is -0.489 e. The summed E-state index contributed by atoms with van der Waals surface area (Å²) in [6.07, 6.45) is 0. The van der Waals surface area contributed by atoms with Crippen LogP contribution in [-0.2, 0) is 17.9 Å². The van der Waals surface area contributed by atoms with Gasteiger partial charge in [-0.15, -0.1) is 0 Å². The molecule has 1 atom stereocenters. The normalized spacial score (nSPS) is 12.0. The molecule has 0 radical (unpaired) electrons. The molecular formula is C17H17ClFNO3. The Kier molecular flexibility index (Phi) is 5.96. The van der Waals surface area contributed by atoms with Crippen molar-refractivity contribution < 1.29 is 19.0 Å². The SMILES string of the molecule is CC(NCc1cccc(OCc2c(F)cccc2Cl)c1)C(=O)O. The second kappa shape index (κ2) is 7.94. The second-order valence-electron chi connectivity index (χ2n) is 5.08. The molecule has 122 valence electrons. The van der Waals surface area contributed by atoms with E-state index in [-0.39, 0.29) is 6.61 Å². The Labute approximate surface area is 138 Å². The third-order valence-corrected chi connectivity index (χ3v) is 3.68. The van der Waals surface area contributed by atoms with Crippen molar-refractivity contribution in [2.75, 3.05) is 0 Å². The van der Waals surface area contributed by atoms with Crippen LogP contribution in [-0.4, -0.2) is 17.1 Å². The van der Waals surface area contributed by atoms with Gasteiger partial charge < -0.3 is 15.2 Å². The molecule has 23 heavy (non-hydrogen) atoms. The predicted molar refractivity (Wildman–Crippen MR) is 86.1 cm³/mol. The first kappa shape index (κ1) is 17.2. The molecule has 6 heteroatoms. The maximum Gasteiger partial charge on any atom is 0.320 e. The van der Waals surface area contributed by atoms with E-state index in [9.17, 15) is 9.18 Å². The molecule has 0 amide bonds. The molecule has 0 aromatic heterocycles. The van der Waals surface area contributed by atoms with Crippen LogP contribution in [0, 0.1) is 5.82 Å². The molecule has 4 nitrogen and oxygen atoms in total. The highest BCUT2D eigenvalue weighted by Crippen LogP contribution is 2.22. The highest BCUT2D eigenvalue weighted by molar-refractivity contribution is 6.31. The van der Waals surface area contributed by atoms with Crippen molar-refractivity contribution >= 4 is 17.6 Å². The van der Waals surface area contributed by atoms with Crippen molar-refractivity contribution in [2.45, 2.75) is 26.1 Å². The summed E-state index contributed by atoms with van der Waals surface area (Å²) in [6, 6.07) is 11.0. The molecule has 2 aromatic carbocycles. The van der Waals surface area contributed by atoms with Crippen LogP contribution < -0.4 is 10.1 Å². The topological polar surface area (TPSA) is 58.6 Å². The van der Waals surface area contributed by atoms with Crippen LogP contribution in [0.2, 0.25) is 5.02 Å². The maximum atomic E-state index is 13.7. The standard InChI is InChI=1S/C17H17ClFNO3/c1-11(17(21)22)20-9-12-4-2-5-13(8-12)23-10-14-15(18)6-3-7-16(14)19/h2-8,11,20H,9-10H2,1H3,(H,21,22). The fraction of sp³-hybridized carbons (Fsp3) is 0.235. The molecule has 0 saturated heterocycles. The van der Waals surface area contributed by atoms with Crippen molar-refractivity contribution in [3.8, 4) is 5.75 Å². The van der Waals surface area contributed by atoms with Gasteiger partial charge in [0.15, 0.2) is 0 Å². The smallest absolute Gasteiger partial charge is 0.320 e. The van der Waals surface area contributed by atoms with Crippen LogP contribution in [0.15, 0.2) is 42.5 Å². The van der Waals surface area contributed by atoms with Gasteiger partial charge in [0.1, 0.15) is 24.2 Å². The second-order valence-corrected chi connectivity index (χ2v) is 5.48. The quantitative estimate of drug-likeness (QED) is 0.810. The first-order valence-electron chi connectivity index (χ1n) is 7.08. The zero-order valence-electron chi connectivity index (χ0n) is 12.6. The number of halogens is 2. The lowest BCUT2D eigenvalue weighted by atomic mass is 10.2. The van der Waals surface area contributed by atoms with Crippen LogP contribution in [0.4, 0.5) is 4.39 Å². The highest BCUT2D eigenvalue weighted by atomic mass is 35.5. The van der Waals surface area contributed by atoms with E-state index in [1.807, 2.05) is 6.07 Å². The maximum absolute atomic E-state index is 13.7. The lowest BCUT2D eigenvalue weighted by molar-refractivity contribution is -0.139. The average Bonchev–Trinajstić information content (AvgIpc) is 2.52. The summed E-state index contributed by atoms with van der Waals surface area (Å²) >= 11 is 5.96. The minimum atomic E-state index is -0.911. The van der Waals surface area contributed by atoms with Crippen molar-refractivity contribution in [2.24, 2.45) is 0 Å². The van der Waals surface area contributed by atoms with E-state index < -0.39 is 17.8 Å². The van der Waals surface area contributed by atoms with Gasteiger partial charge in [0, 0.05) is 12.1 Å². The number of hydrogen-bond donors (Lipinski definition) is 2. The summed E-state index contributed by atoms with van der Waals surface area (Å²) in [5.74, 6) is -0.760. The van der Waals surface area contributed by atoms with Crippen molar-refractivity contribution in [1.29, 1.82) is 0 Å². The van der Waals surface area contributed by atoms with Crippen molar-refractivity contribution in [3.63, 3.8) is 0 Å². The van der Waals surface area contributed by atoms with E-state index in [2.05, 4.69) is 5.32 Å². The number of benzene rings is 2. The zero-order chi connectivity index (χ0) is 16.8. The van der Waals surface area contributed by atoms with E-state index >= 15 is 0 Å². The van der Waals surface area contributed by atoms with E-state index in [0.717, 1.165) is 5.56 Å². The molecule has 0 spiro atoms. The Bertz CT molecular complexity index is 673. The first-order valence-corrected chi connectivity index (χ1v) is 7.46. The van der Waals surface area contributed by atoms with Gasteiger partial charge in [0.05, 0.1) is 5.02 Å². The molecule has 0 heterocycles. The zero-order valence-corrected chi connectivity index (χ0v) is 13.3. The van der Waals surface area contributed by atoms with Crippen LogP contribution in [0.1, 0.15) is 18.1 Å². The third kappa shape index (κ3) is 4.94. The summed E-state index contributed by atoms with van der Waals surface area (Å²) in [6.45, 7) is 1.99. The highest BCUT2D eigenvalue weighted by Gasteiger charge is 2.10. The predicted octanol–water partition coefficient (Wildman–Crippen LogP) is 3.62. The van der Waals surface area contributed by atoms with Crippen LogP contribution in [0.5, 0.6) is 5.75 Å². The van der Waals surface area contributed by atoms with Crippen LogP contribution in [0.3, 0.4) is 0 Å². The van der Waals surface area contributed by atoms with Crippen molar-refractivity contribution in [3.05, 3.63) is 64.4 Å². The Morgan fingerprint density at radius 2 is 2.09 bits per heavy atom. The first-order chi connectivity index (χ1) is 11.0. The summed E-state index contributed by atoms with van der Waals surface area (Å²) in [7, 11) is 0. The number of carboxylic acid groups (broad SMARTS) is 1. The fourth-order valence-electron chi connectivity index (χ4n) is 1.93. The molecule has 1 unspecified atom stereocenters. The van der Waals surface area contributed by atoms with E-state index in [1.54, 1.807) is 31.2 Å². The van der Waals surface area contributed by atoms with Crippen LogP contribution >= 0.6 is 11.6 Å². The molecule has 0 aliphatic heterocycles. The Balaban J connectivity index is 1.99. The van der Waals surface area contributed by atoms with Gasteiger partial charge in [0.2, 0.25) is 0 Å². The Morgan fingerprint density at radius 3 is 2.78 bits per heavy atom. The van der Waals surface area contributed by atoms with Crippen LogP contribution in [0.25, 0.3) is 0 Å². The Morgan fingerprint density at radius 1 is 1.35 bits per heavy atom. The van der Waals surface area contributed by atoms with Gasteiger partial charge in [-0.2, -0.15) is 0 Å². The molecule has 2 rings (SSSR count). The largest absolute Gasteiger partial charge is 0.489 e. The summed E-state index contributed by atoms with van der Waals surface area (Å²) in [5.41, 5.74) is 1.17. The number of aliphatic carboxylic acids is 1. The molecule has 0 fully saturated rings. The van der Waals surface area contributed by atoms with Gasteiger partial charge in [-0.1, -0.05) is 29.8 Å². The molecule has 0 aliphatic rings. The molecule has 0 aliphatic carbocycles. The van der Waals surface area contributed by atoms with Gasteiger partial charge in [-0.25, -0.2) is 4.39 Å². The Hall–Kier alpha value is -2.11. The van der Waals surface area contributed by atoms with Gasteiger partial charge >= 0.3 is 5.97 Å².